The fraction of sp³-hybridized carbons (Fsp3) is 0.676. The van der Waals surface area contributed by atoms with E-state index in [9.17, 15) is 19.2 Å². The number of carbonyl (C=O) groups is 4. The van der Waals surface area contributed by atoms with Crippen LogP contribution in [0.5, 0.6) is 0 Å². The summed E-state index contributed by atoms with van der Waals surface area (Å²) < 4.78 is 10.8. The van der Waals surface area contributed by atoms with Crippen LogP contribution < -0.4 is 22.1 Å². The molecule has 0 fully saturated rings. The van der Waals surface area contributed by atoms with Crippen LogP contribution in [0.25, 0.3) is 0 Å². The van der Waals surface area contributed by atoms with Gasteiger partial charge < -0.3 is 31.6 Å². The van der Waals surface area contributed by atoms with Crippen LogP contribution in [-0.4, -0.2) is 79.9 Å². The summed E-state index contributed by atoms with van der Waals surface area (Å²) in [5, 5.41) is 5.54. The van der Waals surface area contributed by atoms with E-state index in [1.54, 1.807) is 20.8 Å². The van der Waals surface area contributed by atoms with Crippen molar-refractivity contribution in [2.24, 2.45) is 28.3 Å². The number of ketones is 1. The number of benzene rings is 1. The summed E-state index contributed by atoms with van der Waals surface area (Å²) >= 11 is 0. The van der Waals surface area contributed by atoms with Crippen molar-refractivity contribution in [3.8, 4) is 0 Å². The molecule has 11 nitrogen and oxygen atoms in total. The maximum absolute atomic E-state index is 13.6. The lowest BCUT2D eigenvalue weighted by molar-refractivity contribution is -0.152. The number of ether oxygens (including phenoxy) is 2. The minimum atomic E-state index is -0.832. The Kier molecular flexibility index (Phi) is 19.3. The fourth-order valence-electron chi connectivity index (χ4n) is 4.67. The third kappa shape index (κ3) is 19.5. The van der Waals surface area contributed by atoms with Crippen molar-refractivity contribution in [1.29, 1.82) is 0 Å². The predicted octanol–water partition coefficient (Wildman–Crippen LogP) is 4.74. The second kappa shape index (κ2) is 21.7. The Morgan fingerprint density at radius 2 is 1.67 bits per heavy atom. The highest BCUT2D eigenvalue weighted by molar-refractivity contribution is 7.57. The zero-order valence-electron chi connectivity index (χ0n) is 29.0. The molecule has 0 radical (unpaired) electrons. The monoisotopic (exact) mass is 663 g/mol. The molecule has 2 amide bonds. The molecule has 12 heteroatoms. The van der Waals surface area contributed by atoms with Crippen LogP contribution >= 0.6 is 7.92 Å². The topological polar surface area (TPSA) is 175 Å². The van der Waals surface area contributed by atoms with Crippen molar-refractivity contribution in [1.82, 2.24) is 10.6 Å². The van der Waals surface area contributed by atoms with Crippen LogP contribution in [0.2, 0.25) is 0 Å². The number of carbonyl (C=O) groups excluding carboxylic acids is 4. The lowest BCUT2D eigenvalue weighted by Crippen LogP contribution is -2.49. The van der Waals surface area contributed by atoms with E-state index in [1.165, 1.54) is 0 Å². The van der Waals surface area contributed by atoms with Gasteiger partial charge in [0.2, 0.25) is 5.91 Å². The highest BCUT2D eigenvalue weighted by Crippen LogP contribution is 2.23. The molecule has 0 aromatic heterocycles. The zero-order valence-corrected chi connectivity index (χ0v) is 29.9. The van der Waals surface area contributed by atoms with Gasteiger partial charge in [-0.1, -0.05) is 44.2 Å². The Morgan fingerprint density at radius 3 is 2.28 bits per heavy atom. The van der Waals surface area contributed by atoms with Crippen molar-refractivity contribution in [3.05, 3.63) is 35.9 Å². The van der Waals surface area contributed by atoms with Crippen LogP contribution in [-0.2, 0) is 30.5 Å². The predicted molar refractivity (Wildman–Crippen MR) is 186 cm³/mol. The first kappa shape index (κ1) is 41.0. The van der Waals surface area contributed by atoms with Gasteiger partial charge in [-0.2, -0.15) is 0 Å². The van der Waals surface area contributed by atoms with Gasteiger partial charge in [0.25, 0.3) is 0 Å². The molecule has 0 spiro atoms. The van der Waals surface area contributed by atoms with Gasteiger partial charge in [0.05, 0.1) is 23.8 Å². The van der Waals surface area contributed by atoms with E-state index in [0.717, 1.165) is 11.7 Å². The Labute approximate surface area is 277 Å². The van der Waals surface area contributed by atoms with Crippen LogP contribution in [0.15, 0.2) is 35.3 Å². The SMILES string of the molecule is CC(C)C[C@H](CC(=O)[C@@H](CCCN=C(N)CP(C)C)NC(=O)[C@H](N)CCCCNC(=O)OC(C)(C)C)C(=O)OCc1ccccc1. The first-order valence-electron chi connectivity index (χ1n) is 16.3. The first-order valence-corrected chi connectivity index (χ1v) is 18.7. The van der Waals surface area contributed by atoms with E-state index in [1.807, 2.05) is 44.2 Å². The van der Waals surface area contributed by atoms with Crippen LogP contribution in [0.3, 0.4) is 0 Å². The molecule has 0 unspecified atom stereocenters. The second-order valence-electron chi connectivity index (χ2n) is 13.4. The number of esters is 1. The number of nitrogens with one attached hydrogen (secondary N) is 2. The second-order valence-corrected chi connectivity index (χ2v) is 15.9. The molecule has 0 saturated heterocycles. The average Bonchev–Trinajstić information content (AvgIpc) is 2.95. The van der Waals surface area contributed by atoms with Gasteiger partial charge in [-0.25, -0.2) is 4.79 Å². The number of nitrogens with two attached hydrogens (primary N) is 2. The standard InChI is InChI=1S/C34H58N5O6P/c1-24(2)20-26(32(42)44-22-25-14-9-8-10-15-25)21-29(40)28(17-13-19-37-30(36)23-46(6)7)39-31(41)27(35)16-11-12-18-38-33(43)45-34(3,4)5/h8-10,14-15,24,26-28H,11-13,16-23,35H2,1-7H3,(H2,36,37)(H,38,43)(H,39,41)/t26-,27-,28-/m1/s1. The van der Waals surface area contributed by atoms with Crippen molar-refractivity contribution in [2.75, 3.05) is 32.6 Å². The summed E-state index contributed by atoms with van der Waals surface area (Å²) in [6, 6.07) is 7.73. The van der Waals surface area contributed by atoms with Gasteiger partial charge in [0.15, 0.2) is 5.78 Å². The van der Waals surface area contributed by atoms with E-state index in [2.05, 4.69) is 29.0 Å². The van der Waals surface area contributed by atoms with Gasteiger partial charge in [0, 0.05) is 25.7 Å². The normalized spacial score (nSPS) is 14.0. The van der Waals surface area contributed by atoms with Crippen molar-refractivity contribution >= 4 is 37.5 Å². The van der Waals surface area contributed by atoms with Crippen molar-refractivity contribution in [2.45, 2.75) is 104 Å². The minimum Gasteiger partial charge on any atom is -0.461 e. The molecule has 0 aliphatic rings. The van der Waals surface area contributed by atoms with Crippen molar-refractivity contribution < 1.29 is 28.7 Å². The summed E-state index contributed by atoms with van der Waals surface area (Å²) in [5.74, 6) is -0.995. The molecule has 0 heterocycles. The van der Waals surface area contributed by atoms with E-state index in [4.69, 9.17) is 20.9 Å². The molecule has 6 N–H and O–H groups in total. The van der Waals surface area contributed by atoms with Gasteiger partial charge >= 0.3 is 12.1 Å². The maximum atomic E-state index is 13.6. The Bertz CT molecular complexity index is 1110. The maximum Gasteiger partial charge on any atom is 0.407 e. The number of aliphatic imine (C=N–C) groups is 1. The molecule has 0 saturated carbocycles. The molecule has 260 valence electrons. The molecule has 0 aliphatic carbocycles. The minimum absolute atomic E-state index is 0.0519. The molecular weight excluding hydrogens is 605 g/mol. The molecule has 3 atom stereocenters. The number of Topliss-reactive ketones (excluding diaryl/α,β-unsaturated/α-hetero) is 1. The van der Waals surface area contributed by atoms with Gasteiger partial charge in [0.1, 0.15) is 12.2 Å². The van der Waals surface area contributed by atoms with Gasteiger partial charge in [-0.3, -0.25) is 19.4 Å². The highest BCUT2D eigenvalue weighted by Gasteiger charge is 2.30. The number of rotatable bonds is 21. The average molecular weight is 664 g/mol. The van der Waals surface area contributed by atoms with Gasteiger partial charge in [-0.15, -0.1) is 7.92 Å². The van der Waals surface area contributed by atoms with Crippen LogP contribution in [0.1, 0.15) is 85.1 Å². The van der Waals surface area contributed by atoms with Crippen LogP contribution in [0, 0.1) is 11.8 Å². The molecule has 0 aliphatic heterocycles. The Morgan fingerprint density at radius 1 is 1.00 bits per heavy atom. The summed E-state index contributed by atoms with van der Waals surface area (Å²) in [7, 11) is -0.213. The van der Waals surface area contributed by atoms with Gasteiger partial charge in [-0.05, 0) is 84.1 Å². The van der Waals surface area contributed by atoms with Crippen LogP contribution in [0.4, 0.5) is 4.79 Å². The van der Waals surface area contributed by atoms with E-state index >= 15 is 0 Å². The number of alkyl carbamates (subject to hydrolysis) is 1. The highest BCUT2D eigenvalue weighted by atomic mass is 31.1. The zero-order chi connectivity index (χ0) is 34.7. The fourth-order valence-corrected chi connectivity index (χ4v) is 5.42. The number of nitrogens with zero attached hydrogens (tertiary/aromatic N) is 1. The number of hydrogen-bond donors (Lipinski definition) is 4. The Balaban J connectivity index is 2.84. The van der Waals surface area contributed by atoms with E-state index in [-0.39, 0.29) is 32.7 Å². The Hall–Kier alpha value is -3.04. The molecular formula is C34H58N5O6P. The van der Waals surface area contributed by atoms with Crippen molar-refractivity contribution in [3.63, 3.8) is 0 Å². The molecule has 46 heavy (non-hydrogen) atoms. The lowest BCUT2D eigenvalue weighted by atomic mass is 9.89. The third-order valence-electron chi connectivity index (χ3n) is 6.86. The first-order chi connectivity index (χ1) is 21.6. The smallest absolute Gasteiger partial charge is 0.407 e. The summed E-state index contributed by atoms with van der Waals surface area (Å²) in [4.78, 5) is 56.1. The molecule has 1 aromatic carbocycles. The van der Waals surface area contributed by atoms with E-state index in [0.29, 0.717) is 57.5 Å². The largest absolute Gasteiger partial charge is 0.461 e. The summed E-state index contributed by atoms with van der Waals surface area (Å²) in [5.41, 5.74) is 12.5. The summed E-state index contributed by atoms with van der Waals surface area (Å²) in [6.45, 7) is 14.6. The quantitative estimate of drug-likeness (QED) is 0.0480. The van der Waals surface area contributed by atoms with E-state index < -0.39 is 41.6 Å². The molecule has 0 bridgehead atoms. The number of hydrogen-bond acceptors (Lipinski definition) is 8. The molecule has 1 rings (SSSR count). The summed E-state index contributed by atoms with van der Waals surface area (Å²) in [6.07, 6.45) is 3.14. The number of unbranched alkanes of at least 4 members (excludes halogenated alkanes) is 1. The number of amides is 2. The molecule has 1 aromatic rings. The number of amidine groups is 1. The third-order valence-corrected chi connectivity index (χ3v) is 7.81. The lowest BCUT2D eigenvalue weighted by Gasteiger charge is -2.23.